The van der Waals surface area contributed by atoms with Gasteiger partial charge in [-0.2, -0.15) is 0 Å². The van der Waals surface area contributed by atoms with E-state index in [9.17, 15) is 9.90 Å². The van der Waals surface area contributed by atoms with Crippen LogP contribution in [0.15, 0.2) is 59.1 Å². The van der Waals surface area contributed by atoms with Crippen molar-refractivity contribution in [3.05, 3.63) is 81.0 Å². The zero-order valence-corrected chi connectivity index (χ0v) is 17.8. The van der Waals surface area contributed by atoms with Crippen LogP contribution in [0.25, 0.3) is 11.1 Å². The molecule has 0 fully saturated rings. The van der Waals surface area contributed by atoms with E-state index in [4.69, 9.17) is 16.3 Å². The number of benzene rings is 2. The van der Waals surface area contributed by atoms with Gasteiger partial charge in [0.15, 0.2) is 0 Å². The number of carboxylic acid groups (broad SMARTS) is 1. The number of aromatic nitrogens is 1. The maximum Gasteiger partial charge on any atom is 0.337 e. The number of halogens is 2. The molecule has 0 radical (unpaired) electrons. The first-order valence-electron chi connectivity index (χ1n) is 8.76. The normalized spacial score (nSPS) is 10.9. The second kappa shape index (κ2) is 8.76. The van der Waals surface area contributed by atoms with Gasteiger partial charge in [0.25, 0.3) is 0 Å². The molecule has 0 saturated carbocycles. The lowest BCUT2D eigenvalue weighted by Gasteiger charge is -2.17. The number of rotatable bonds is 6. The van der Waals surface area contributed by atoms with Crippen molar-refractivity contribution >= 4 is 33.5 Å². The number of hydrogen-bond acceptors (Lipinski definition) is 3. The molecular formula is C22H19BrClNO3. The zero-order valence-electron chi connectivity index (χ0n) is 15.4. The maximum atomic E-state index is 11.9. The topological polar surface area (TPSA) is 59.4 Å². The van der Waals surface area contributed by atoms with Crippen molar-refractivity contribution in [2.75, 3.05) is 0 Å². The summed E-state index contributed by atoms with van der Waals surface area (Å²) >= 11 is 9.53. The highest BCUT2D eigenvalue weighted by atomic mass is 79.9. The van der Waals surface area contributed by atoms with Gasteiger partial charge in [-0.15, -0.1) is 0 Å². The Bertz CT molecular complexity index is 1020. The number of pyridine rings is 1. The van der Waals surface area contributed by atoms with Gasteiger partial charge >= 0.3 is 5.97 Å². The molecule has 0 amide bonds. The predicted octanol–water partition coefficient (Wildman–Crippen LogP) is 6.57. The molecule has 1 aromatic heterocycles. The molecule has 1 heterocycles. The van der Waals surface area contributed by atoms with E-state index in [2.05, 4.69) is 20.9 Å². The van der Waals surface area contributed by atoms with Gasteiger partial charge in [0.2, 0.25) is 0 Å². The summed E-state index contributed by atoms with van der Waals surface area (Å²) in [6, 6.07) is 16.4. The second-order valence-corrected chi connectivity index (χ2v) is 7.98. The third kappa shape index (κ3) is 4.72. The Morgan fingerprint density at radius 1 is 1.18 bits per heavy atom. The van der Waals surface area contributed by atoms with Crippen LogP contribution in [0.4, 0.5) is 0 Å². The van der Waals surface area contributed by atoms with Gasteiger partial charge < -0.3 is 9.84 Å². The molecule has 0 aliphatic rings. The molecule has 0 atom stereocenters. The van der Waals surface area contributed by atoms with Crippen molar-refractivity contribution < 1.29 is 14.6 Å². The molecule has 4 nitrogen and oxygen atoms in total. The van der Waals surface area contributed by atoms with E-state index < -0.39 is 5.97 Å². The maximum absolute atomic E-state index is 11.9. The number of hydrogen-bond donors (Lipinski definition) is 1. The fourth-order valence-electron chi connectivity index (χ4n) is 2.90. The Hall–Kier alpha value is -2.37. The van der Waals surface area contributed by atoms with E-state index in [1.807, 2.05) is 56.3 Å². The Kier molecular flexibility index (Phi) is 6.37. The van der Waals surface area contributed by atoms with Crippen molar-refractivity contribution in [1.29, 1.82) is 0 Å². The van der Waals surface area contributed by atoms with Crippen molar-refractivity contribution in [1.82, 2.24) is 4.98 Å². The summed E-state index contributed by atoms with van der Waals surface area (Å²) in [5.41, 5.74) is 2.92. The van der Waals surface area contributed by atoms with Crippen molar-refractivity contribution in [2.45, 2.75) is 26.4 Å². The number of carboxylic acids is 1. The summed E-state index contributed by atoms with van der Waals surface area (Å²) in [4.78, 5) is 16.6. The lowest BCUT2D eigenvalue weighted by atomic mass is 9.95. The molecule has 3 rings (SSSR count). The average molecular weight is 461 g/mol. The number of carbonyl (C=O) groups is 1. The minimum absolute atomic E-state index is 0.0631. The van der Waals surface area contributed by atoms with Gasteiger partial charge in [-0.25, -0.2) is 4.79 Å². The number of ether oxygens (including phenoxy) is 1. The number of nitrogens with zero attached hydrogens (tertiary/aromatic N) is 1. The largest absolute Gasteiger partial charge is 0.487 e. The molecule has 1 N–H and O–H groups in total. The van der Waals surface area contributed by atoms with Crippen molar-refractivity contribution in [3.8, 4) is 16.9 Å². The van der Waals surface area contributed by atoms with Crippen LogP contribution in [-0.2, 0) is 6.61 Å². The van der Waals surface area contributed by atoms with E-state index >= 15 is 0 Å². The summed E-state index contributed by atoms with van der Waals surface area (Å²) in [6.45, 7) is 4.11. The molecule has 144 valence electrons. The molecule has 0 bridgehead atoms. The summed E-state index contributed by atoms with van der Waals surface area (Å²) in [6.07, 6.45) is 0. The molecular weight excluding hydrogens is 442 g/mol. The number of aromatic carboxylic acids is 1. The highest BCUT2D eigenvalue weighted by molar-refractivity contribution is 9.10. The summed E-state index contributed by atoms with van der Waals surface area (Å²) in [7, 11) is 0. The second-order valence-electron chi connectivity index (χ2n) is 6.63. The summed E-state index contributed by atoms with van der Waals surface area (Å²) in [5.74, 6) is -0.307. The summed E-state index contributed by atoms with van der Waals surface area (Å²) in [5, 5.41) is 10.3. The van der Waals surface area contributed by atoms with Crippen LogP contribution in [0.5, 0.6) is 5.75 Å². The smallest absolute Gasteiger partial charge is 0.337 e. The quantitative estimate of drug-likeness (QED) is 0.452. The Balaban J connectivity index is 2.05. The fourth-order valence-corrected chi connectivity index (χ4v) is 3.47. The van der Waals surface area contributed by atoms with Crippen LogP contribution in [-0.4, -0.2) is 16.1 Å². The average Bonchev–Trinajstić information content (AvgIpc) is 2.65. The molecule has 2 aromatic carbocycles. The first-order valence-corrected chi connectivity index (χ1v) is 9.93. The first kappa shape index (κ1) is 20.4. The fraction of sp³-hybridized carbons (Fsp3) is 0.182. The molecule has 0 aliphatic carbocycles. The minimum Gasteiger partial charge on any atom is -0.487 e. The molecule has 0 spiro atoms. The van der Waals surface area contributed by atoms with E-state index in [-0.39, 0.29) is 18.1 Å². The van der Waals surface area contributed by atoms with Crippen LogP contribution in [0.2, 0.25) is 5.02 Å². The van der Waals surface area contributed by atoms with Crippen LogP contribution in [0.3, 0.4) is 0 Å². The predicted molar refractivity (Wildman–Crippen MR) is 114 cm³/mol. The van der Waals surface area contributed by atoms with E-state index in [0.29, 0.717) is 16.5 Å². The summed E-state index contributed by atoms with van der Waals surface area (Å²) < 4.78 is 6.67. The van der Waals surface area contributed by atoms with E-state index in [1.165, 1.54) is 0 Å². The molecule has 6 heteroatoms. The third-order valence-electron chi connectivity index (χ3n) is 4.22. The lowest BCUT2D eigenvalue weighted by Crippen LogP contribution is -2.12. The van der Waals surface area contributed by atoms with Gasteiger partial charge in [-0.05, 0) is 47.9 Å². The Morgan fingerprint density at radius 3 is 2.57 bits per heavy atom. The zero-order chi connectivity index (χ0) is 20.3. The van der Waals surface area contributed by atoms with Crippen LogP contribution in [0.1, 0.15) is 41.5 Å². The monoisotopic (exact) mass is 459 g/mol. The minimum atomic E-state index is -1.04. The van der Waals surface area contributed by atoms with Gasteiger partial charge in [0.05, 0.1) is 17.0 Å². The standard InChI is InChI=1S/C22H19BrClNO3/c1-13(2)21-18(14-5-3-7-16(24)9-14)11-19(22(26)27)20(25-21)12-28-17-8-4-6-15(23)10-17/h3-11,13H,12H2,1-2H3,(H,26,27). The third-order valence-corrected chi connectivity index (χ3v) is 4.94. The van der Waals surface area contributed by atoms with Crippen LogP contribution >= 0.6 is 27.5 Å². The van der Waals surface area contributed by atoms with Crippen LogP contribution in [0, 0.1) is 0 Å². The van der Waals surface area contributed by atoms with Gasteiger partial charge in [0.1, 0.15) is 12.4 Å². The van der Waals surface area contributed by atoms with E-state index in [1.54, 1.807) is 12.1 Å². The SMILES string of the molecule is CC(C)c1nc(COc2cccc(Br)c2)c(C(=O)O)cc1-c1cccc(Cl)c1. The first-order chi connectivity index (χ1) is 13.3. The Labute approximate surface area is 177 Å². The van der Waals surface area contributed by atoms with Gasteiger partial charge in [0, 0.05) is 15.1 Å². The molecule has 0 aliphatic heterocycles. The molecule has 0 saturated heterocycles. The van der Waals surface area contributed by atoms with Crippen LogP contribution < -0.4 is 4.74 Å². The highest BCUT2D eigenvalue weighted by Crippen LogP contribution is 2.32. The lowest BCUT2D eigenvalue weighted by molar-refractivity contribution is 0.0693. The van der Waals surface area contributed by atoms with E-state index in [0.717, 1.165) is 21.3 Å². The molecule has 3 aromatic rings. The Morgan fingerprint density at radius 2 is 1.93 bits per heavy atom. The van der Waals surface area contributed by atoms with Gasteiger partial charge in [-0.3, -0.25) is 4.98 Å². The highest BCUT2D eigenvalue weighted by Gasteiger charge is 2.20. The van der Waals surface area contributed by atoms with Crippen molar-refractivity contribution in [2.24, 2.45) is 0 Å². The molecule has 28 heavy (non-hydrogen) atoms. The molecule has 0 unspecified atom stereocenters. The van der Waals surface area contributed by atoms with Gasteiger partial charge in [-0.1, -0.05) is 59.6 Å². The van der Waals surface area contributed by atoms with Crippen molar-refractivity contribution in [3.63, 3.8) is 0 Å².